The number of hydrogen-bond acceptors (Lipinski definition) is 5. The van der Waals surface area contributed by atoms with Crippen LogP contribution in [-0.4, -0.2) is 60.0 Å². The number of hydrogen-bond donors (Lipinski definition) is 0. The molecule has 0 unspecified atom stereocenters. The van der Waals surface area contributed by atoms with E-state index in [2.05, 4.69) is 27.8 Å². The van der Waals surface area contributed by atoms with Crippen LogP contribution in [0.5, 0.6) is 0 Å². The highest BCUT2D eigenvalue weighted by Gasteiger charge is 2.23. The van der Waals surface area contributed by atoms with E-state index in [0.29, 0.717) is 12.3 Å². The lowest BCUT2D eigenvalue weighted by Gasteiger charge is -2.35. The number of rotatable bonds is 5. The first-order valence-corrected chi connectivity index (χ1v) is 9.80. The Hall–Kier alpha value is -1.85. The molecule has 3 rings (SSSR count). The maximum Gasteiger partial charge on any atom is 0.227 e. The van der Waals surface area contributed by atoms with Crippen molar-refractivity contribution in [1.29, 1.82) is 0 Å². The number of nitrogens with zero attached hydrogens (tertiary/aromatic N) is 5. The van der Waals surface area contributed by atoms with Crippen LogP contribution in [0.1, 0.15) is 51.1 Å². The molecule has 2 saturated heterocycles. The van der Waals surface area contributed by atoms with E-state index in [1.165, 1.54) is 19.3 Å². The molecular weight excluding hydrogens is 314 g/mol. The molecule has 2 aliphatic heterocycles. The highest BCUT2D eigenvalue weighted by atomic mass is 16.2. The molecule has 2 aliphatic rings. The largest absolute Gasteiger partial charge is 0.356 e. The summed E-state index contributed by atoms with van der Waals surface area (Å²) in [6, 6.07) is 2.10. The standard InChI is InChI=1S/C19H31N5O/c1-3-4-8-18(25)23-11-13-24(14-12-23)19-20-16(2)15-17(21-19)22-9-6-5-7-10-22/h15H,3-14H2,1-2H3. The van der Waals surface area contributed by atoms with E-state index in [1.807, 2.05) is 11.8 Å². The third-order valence-corrected chi connectivity index (χ3v) is 5.17. The van der Waals surface area contributed by atoms with Crippen LogP contribution >= 0.6 is 0 Å². The Bertz CT molecular complexity index is 577. The van der Waals surface area contributed by atoms with Gasteiger partial charge in [-0.1, -0.05) is 13.3 Å². The van der Waals surface area contributed by atoms with Crippen LogP contribution in [0.25, 0.3) is 0 Å². The zero-order chi connectivity index (χ0) is 17.6. The van der Waals surface area contributed by atoms with E-state index in [0.717, 1.165) is 69.6 Å². The average molecular weight is 345 g/mol. The summed E-state index contributed by atoms with van der Waals surface area (Å²) in [5.74, 6) is 2.17. The van der Waals surface area contributed by atoms with Gasteiger partial charge in [-0.05, 0) is 32.6 Å². The van der Waals surface area contributed by atoms with Gasteiger partial charge in [-0.15, -0.1) is 0 Å². The molecule has 25 heavy (non-hydrogen) atoms. The van der Waals surface area contributed by atoms with Gasteiger partial charge >= 0.3 is 0 Å². The van der Waals surface area contributed by atoms with Crippen molar-refractivity contribution < 1.29 is 4.79 Å². The number of piperidine rings is 1. The van der Waals surface area contributed by atoms with Gasteiger partial charge in [0.25, 0.3) is 0 Å². The van der Waals surface area contributed by atoms with Crippen LogP contribution in [0.3, 0.4) is 0 Å². The summed E-state index contributed by atoms with van der Waals surface area (Å²) in [4.78, 5) is 28.3. The van der Waals surface area contributed by atoms with Gasteiger partial charge in [0.1, 0.15) is 5.82 Å². The molecule has 6 heteroatoms. The zero-order valence-electron chi connectivity index (χ0n) is 15.7. The molecule has 6 nitrogen and oxygen atoms in total. The molecule has 1 amide bonds. The van der Waals surface area contributed by atoms with Crippen LogP contribution in [-0.2, 0) is 4.79 Å². The van der Waals surface area contributed by atoms with Crippen LogP contribution in [0, 0.1) is 6.92 Å². The van der Waals surface area contributed by atoms with E-state index in [9.17, 15) is 4.79 Å². The summed E-state index contributed by atoms with van der Waals surface area (Å²) in [6.45, 7) is 9.55. The molecule has 1 aromatic rings. The van der Waals surface area contributed by atoms with Crippen LogP contribution in [0.4, 0.5) is 11.8 Å². The zero-order valence-corrected chi connectivity index (χ0v) is 15.7. The summed E-state index contributed by atoms with van der Waals surface area (Å²) in [5.41, 5.74) is 1.02. The fourth-order valence-corrected chi connectivity index (χ4v) is 3.60. The van der Waals surface area contributed by atoms with Crippen LogP contribution in [0.15, 0.2) is 6.07 Å². The number of unbranched alkanes of at least 4 members (excludes halogenated alkanes) is 1. The Labute approximate surface area is 151 Å². The average Bonchev–Trinajstić information content (AvgIpc) is 2.66. The molecule has 0 bridgehead atoms. The summed E-state index contributed by atoms with van der Waals surface area (Å²) in [5, 5.41) is 0. The first kappa shape index (κ1) is 18.0. The van der Waals surface area contributed by atoms with E-state index in [1.54, 1.807) is 0 Å². The number of aromatic nitrogens is 2. The second-order valence-electron chi connectivity index (χ2n) is 7.19. The van der Waals surface area contributed by atoms with Gasteiger partial charge in [0.05, 0.1) is 0 Å². The number of anilines is 2. The number of piperazine rings is 1. The smallest absolute Gasteiger partial charge is 0.227 e. The molecule has 3 heterocycles. The minimum atomic E-state index is 0.292. The Morgan fingerprint density at radius 2 is 1.72 bits per heavy atom. The van der Waals surface area contributed by atoms with E-state index in [-0.39, 0.29) is 0 Å². The lowest BCUT2D eigenvalue weighted by atomic mass is 10.1. The van der Waals surface area contributed by atoms with Gasteiger partial charge in [-0.3, -0.25) is 4.79 Å². The van der Waals surface area contributed by atoms with E-state index < -0.39 is 0 Å². The molecule has 0 saturated carbocycles. The second kappa shape index (κ2) is 8.50. The number of amides is 1. The topological polar surface area (TPSA) is 52.6 Å². The number of carbonyl (C=O) groups excluding carboxylic acids is 1. The fraction of sp³-hybridized carbons (Fsp3) is 0.737. The Morgan fingerprint density at radius 1 is 1.00 bits per heavy atom. The third kappa shape index (κ3) is 4.61. The monoisotopic (exact) mass is 345 g/mol. The van der Waals surface area contributed by atoms with Crippen molar-refractivity contribution in [2.45, 2.75) is 52.4 Å². The molecular formula is C19H31N5O. The van der Waals surface area contributed by atoms with Gasteiger partial charge in [0.2, 0.25) is 11.9 Å². The van der Waals surface area contributed by atoms with Gasteiger partial charge < -0.3 is 14.7 Å². The first-order valence-electron chi connectivity index (χ1n) is 9.80. The van der Waals surface area contributed by atoms with Gasteiger partial charge in [-0.25, -0.2) is 4.98 Å². The normalized spacial score (nSPS) is 18.6. The van der Waals surface area contributed by atoms with Gasteiger partial charge in [-0.2, -0.15) is 4.98 Å². The summed E-state index contributed by atoms with van der Waals surface area (Å²) < 4.78 is 0. The molecule has 1 aromatic heterocycles. The van der Waals surface area contributed by atoms with Crippen molar-refractivity contribution in [2.75, 3.05) is 49.1 Å². The summed E-state index contributed by atoms with van der Waals surface area (Å²) >= 11 is 0. The molecule has 0 N–H and O–H groups in total. The number of aryl methyl sites for hydroxylation is 1. The van der Waals surface area contributed by atoms with Crippen molar-refractivity contribution in [3.05, 3.63) is 11.8 Å². The Kier molecular flexibility index (Phi) is 6.10. The molecule has 2 fully saturated rings. The van der Waals surface area contributed by atoms with E-state index in [4.69, 9.17) is 4.98 Å². The highest BCUT2D eigenvalue weighted by Crippen LogP contribution is 2.22. The van der Waals surface area contributed by atoms with Crippen LogP contribution < -0.4 is 9.80 Å². The minimum Gasteiger partial charge on any atom is -0.356 e. The quantitative estimate of drug-likeness (QED) is 0.821. The molecule has 0 spiro atoms. The van der Waals surface area contributed by atoms with Crippen molar-refractivity contribution in [3.8, 4) is 0 Å². The van der Waals surface area contributed by atoms with Crippen molar-refractivity contribution in [3.63, 3.8) is 0 Å². The minimum absolute atomic E-state index is 0.292. The molecule has 0 aromatic carbocycles. The molecule has 0 aliphatic carbocycles. The van der Waals surface area contributed by atoms with Crippen molar-refractivity contribution in [1.82, 2.24) is 14.9 Å². The number of carbonyl (C=O) groups is 1. The van der Waals surface area contributed by atoms with Crippen molar-refractivity contribution in [2.24, 2.45) is 0 Å². The lowest BCUT2D eigenvalue weighted by Crippen LogP contribution is -2.49. The summed E-state index contributed by atoms with van der Waals surface area (Å²) in [7, 11) is 0. The Morgan fingerprint density at radius 3 is 2.40 bits per heavy atom. The Balaban J connectivity index is 1.63. The summed E-state index contributed by atoms with van der Waals surface area (Å²) in [6.07, 6.45) is 6.55. The first-order chi connectivity index (χ1) is 12.2. The maximum absolute atomic E-state index is 12.2. The van der Waals surface area contributed by atoms with Gasteiger partial charge in [0, 0.05) is 57.4 Å². The predicted molar refractivity (Wildman–Crippen MR) is 101 cm³/mol. The molecule has 0 radical (unpaired) electrons. The maximum atomic E-state index is 12.2. The van der Waals surface area contributed by atoms with E-state index >= 15 is 0 Å². The lowest BCUT2D eigenvalue weighted by molar-refractivity contribution is -0.131. The third-order valence-electron chi connectivity index (χ3n) is 5.17. The molecule has 138 valence electrons. The van der Waals surface area contributed by atoms with Crippen molar-refractivity contribution >= 4 is 17.7 Å². The highest BCUT2D eigenvalue weighted by molar-refractivity contribution is 5.76. The SMILES string of the molecule is CCCCC(=O)N1CCN(c2nc(C)cc(N3CCCCC3)n2)CC1. The predicted octanol–water partition coefficient (Wildman–Crippen LogP) is 2.61. The second-order valence-corrected chi connectivity index (χ2v) is 7.19. The van der Waals surface area contributed by atoms with Crippen LogP contribution in [0.2, 0.25) is 0 Å². The van der Waals surface area contributed by atoms with Gasteiger partial charge in [0.15, 0.2) is 0 Å². The fourth-order valence-electron chi connectivity index (χ4n) is 3.60. The molecule has 0 atom stereocenters.